The van der Waals surface area contributed by atoms with Crippen molar-refractivity contribution in [2.75, 3.05) is 19.7 Å². The van der Waals surface area contributed by atoms with Crippen LogP contribution >= 0.6 is 0 Å². The Morgan fingerprint density at radius 2 is 1.70 bits per heavy atom. The van der Waals surface area contributed by atoms with Crippen LogP contribution in [0.25, 0.3) is 0 Å². The van der Waals surface area contributed by atoms with Gasteiger partial charge < -0.3 is 30.5 Å². The molecule has 37 heavy (non-hydrogen) atoms. The van der Waals surface area contributed by atoms with Crippen LogP contribution in [-0.2, 0) is 14.3 Å². The van der Waals surface area contributed by atoms with Gasteiger partial charge in [0.15, 0.2) is 0 Å². The van der Waals surface area contributed by atoms with Crippen LogP contribution in [0.3, 0.4) is 0 Å². The quantitative estimate of drug-likeness (QED) is 0.426. The Kier molecular flexibility index (Phi) is 8.73. The number of hydrogen-bond donors (Lipinski definition) is 4. The van der Waals surface area contributed by atoms with E-state index in [0.29, 0.717) is 25.9 Å². The summed E-state index contributed by atoms with van der Waals surface area (Å²) >= 11 is 0. The topological polar surface area (TPSA) is 128 Å². The molecule has 4 N–H and O–H groups in total. The number of aliphatic hydroxyl groups excluding tert-OH is 2. The lowest BCUT2D eigenvalue weighted by molar-refractivity contribution is -0.187. The molecule has 4 fully saturated rings. The number of rotatable bonds is 6. The van der Waals surface area contributed by atoms with E-state index in [0.717, 1.165) is 44.9 Å². The molecule has 210 valence electrons. The molecule has 0 aromatic heterocycles. The Balaban J connectivity index is 1.43. The second-order valence-electron chi connectivity index (χ2n) is 12.6. The first kappa shape index (κ1) is 28.1. The Morgan fingerprint density at radius 3 is 2.38 bits per heavy atom. The van der Waals surface area contributed by atoms with Gasteiger partial charge in [0.1, 0.15) is 6.10 Å². The molecule has 9 nitrogen and oxygen atoms in total. The van der Waals surface area contributed by atoms with Crippen molar-refractivity contribution in [1.29, 1.82) is 0 Å². The van der Waals surface area contributed by atoms with Crippen molar-refractivity contribution in [3.63, 3.8) is 0 Å². The van der Waals surface area contributed by atoms with Gasteiger partial charge in [-0.15, -0.1) is 0 Å². The maximum Gasteiger partial charge on any atom is 0.407 e. The number of likely N-dealkylation sites (tertiary alicyclic amines) is 1. The fourth-order valence-electron chi connectivity index (χ4n) is 8.07. The maximum atomic E-state index is 13.3. The standard InChI is InChI=1S/C28H47N3O6/c1-18(33)29-20-12-14-31(16-20)25(35)15-21-22(34)9-10-23-27(21,2)13-11-24(28(23,3)17-32)37-26(36)30-19-7-5-4-6-8-19/h19-24,32,34H,4-17H2,1-3H3,(H,29,33)(H,30,36)/t20-,21+,22+,23-,24+,27-,28-/m0/s1. The monoisotopic (exact) mass is 521 g/mol. The fourth-order valence-corrected chi connectivity index (χ4v) is 8.07. The zero-order valence-corrected chi connectivity index (χ0v) is 22.8. The van der Waals surface area contributed by atoms with E-state index < -0.39 is 23.7 Å². The number of aliphatic hydroxyl groups is 2. The van der Waals surface area contributed by atoms with Crippen molar-refractivity contribution in [2.24, 2.45) is 22.7 Å². The lowest BCUT2D eigenvalue weighted by atomic mass is 9.46. The van der Waals surface area contributed by atoms with E-state index in [9.17, 15) is 24.6 Å². The third kappa shape index (κ3) is 5.92. The molecule has 0 radical (unpaired) electrons. The van der Waals surface area contributed by atoms with Gasteiger partial charge in [0.05, 0.1) is 12.7 Å². The van der Waals surface area contributed by atoms with Gasteiger partial charge in [-0.2, -0.15) is 0 Å². The highest BCUT2D eigenvalue weighted by Gasteiger charge is 2.60. The number of fused-ring (bicyclic) bond motifs is 1. The summed E-state index contributed by atoms with van der Waals surface area (Å²) in [7, 11) is 0. The molecular formula is C28H47N3O6. The Labute approximate surface area is 221 Å². The summed E-state index contributed by atoms with van der Waals surface area (Å²) in [6.07, 6.45) is 7.59. The van der Waals surface area contributed by atoms with Crippen LogP contribution in [0, 0.1) is 22.7 Å². The van der Waals surface area contributed by atoms with Crippen LogP contribution in [0.15, 0.2) is 0 Å². The Bertz CT molecular complexity index is 848. The molecule has 3 saturated carbocycles. The predicted octanol–water partition coefficient (Wildman–Crippen LogP) is 2.73. The maximum absolute atomic E-state index is 13.3. The van der Waals surface area contributed by atoms with E-state index in [1.807, 2.05) is 6.92 Å². The van der Waals surface area contributed by atoms with Gasteiger partial charge in [-0.1, -0.05) is 33.1 Å². The zero-order valence-electron chi connectivity index (χ0n) is 22.8. The number of nitrogens with zero attached hydrogens (tertiary/aromatic N) is 1. The molecule has 0 spiro atoms. The Morgan fingerprint density at radius 1 is 0.973 bits per heavy atom. The first-order valence-corrected chi connectivity index (χ1v) is 14.4. The highest BCUT2D eigenvalue weighted by molar-refractivity contribution is 5.77. The number of amides is 3. The third-order valence-electron chi connectivity index (χ3n) is 10.2. The van der Waals surface area contributed by atoms with Gasteiger partial charge >= 0.3 is 6.09 Å². The van der Waals surface area contributed by atoms with E-state index in [4.69, 9.17) is 4.74 Å². The zero-order chi connectivity index (χ0) is 26.8. The van der Waals surface area contributed by atoms with Crippen molar-refractivity contribution < 1.29 is 29.3 Å². The SMILES string of the molecule is CC(=O)N[C@H]1CCN(C(=O)C[C@@H]2[C@H](O)CC[C@@H]3[C@](C)(CO)[C@H](OC(=O)NC4CCCCC4)CC[C@]32C)C1. The minimum Gasteiger partial charge on any atom is -0.446 e. The third-order valence-corrected chi connectivity index (χ3v) is 10.2. The van der Waals surface area contributed by atoms with Gasteiger partial charge in [-0.05, 0) is 62.2 Å². The van der Waals surface area contributed by atoms with Crippen LogP contribution in [0.4, 0.5) is 4.79 Å². The smallest absolute Gasteiger partial charge is 0.407 e. The summed E-state index contributed by atoms with van der Waals surface area (Å²) in [5.41, 5.74) is -1.01. The molecule has 0 unspecified atom stereocenters. The van der Waals surface area contributed by atoms with Crippen LogP contribution < -0.4 is 10.6 Å². The fraction of sp³-hybridized carbons (Fsp3) is 0.893. The number of alkyl carbamates (subject to hydrolysis) is 1. The average molecular weight is 522 g/mol. The summed E-state index contributed by atoms with van der Waals surface area (Å²) in [6.45, 7) is 6.63. The summed E-state index contributed by atoms with van der Waals surface area (Å²) in [5, 5.41) is 27.7. The number of carbonyl (C=O) groups excluding carboxylic acids is 3. The Hall–Kier alpha value is -1.87. The van der Waals surface area contributed by atoms with Crippen LogP contribution in [0.1, 0.15) is 91.4 Å². The first-order valence-electron chi connectivity index (χ1n) is 14.4. The summed E-state index contributed by atoms with van der Waals surface area (Å²) in [6, 6.07) is 0.137. The molecule has 7 atom stereocenters. The lowest BCUT2D eigenvalue weighted by Crippen LogP contribution is -2.61. The van der Waals surface area contributed by atoms with Crippen molar-refractivity contribution >= 4 is 17.9 Å². The second kappa shape index (κ2) is 11.5. The molecule has 4 rings (SSSR count). The summed E-state index contributed by atoms with van der Waals surface area (Å²) < 4.78 is 5.98. The largest absolute Gasteiger partial charge is 0.446 e. The van der Waals surface area contributed by atoms with E-state index in [1.54, 1.807) is 4.90 Å². The van der Waals surface area contributed by atoms with Crippen molar-refractivity contribution in [1.82, 2.24) is 15.5 Å². The molecule has 9 heteroatoms. The molecule has 4 aliphatic rings. The molecule has 0 aromatic carbocycles. The molecule has 3 aliphatic carbocycles. The predicted molar refractivity (Wildman–Crippen MR) is 138 cm³/mol. The van der Waals surface area contributed by atoms with Gasteiger partial charge in [-0.3, -0.25) is 9.59 Å². The molecule has 0 bridgehead atoms. The minimum atomic E-state index is -0.650. The van der Waals surface area contributed by atoms with Crippen molar-refractivity contribution in [3.8, 4) is 0 Å². The van der Waals surface area contributed by atoms with E-state index in [-0.39, 0.29) is 54.2 Å². The second-order valence-corrected chi connectivity index (χ2v) is 12.6. The first-order chi connectivity index (χ1) is 17.6. The van der Waals surface area contributed by atoms with E-state index in [1.165, 1.54) is 13.3 Å². The van der Waals surface area contributed by atoms with Crippen LogP contribution in [-0.4, -0.2) is 77.0 Å². The highest BCUT2D eigenvalue weighted by atomic mass is 16.6. The minimum absolute atomic E-state index is 0.00899. The van der Waals surface area contributed by atoms with Crippen LogP contribution in [0.5, 0.6) is 0 Å². The van der Waals surface area contributed by atoms with Crippen LogP contribution in [0.2, 0.25) is 0 Å². The van der Waals surface area contributed by atoms with Gasteiger partial charge in [0, 0.05) is 43.9 Å². The molecule has 0 aromatic rings. The van der Waals surface area contributed by atoms with Gasteiger partial charge in [-0.25, -0.2) is 4.79 Å². The summed E-state index contributed by atoms with van der Waals surface area (Å²) in [4.78, 5) is 39.3. The number of hydrogen-bond acceptors (Lipinski definition) is 6. The van der Waals surface area contributed by atoms with Crippen molar-refractivity contribution in [2.45, 2.75) is 116 Å². The molecule has 3 amide bonds. The molecule has 1 saturated heterocycles. The van der Waals surface area contributed by atoms with Gasteiger partial charge in [0.2, 0.25) is 11.8 Å². The number of nitrogens with one attached hydrogen (secondary N) is 2. The van der Waals surface area contributed by atoms with E-state index >= 15 is 0 Å². The van der Waals surface area contributed by atoms with Crippen molar-refractivity contribution in [3.05, 3.63) is 0 Å². The molecular weight excluding hydrogens is 474 g/mol. The highest BCUT2D eigenvalue weighted by Crippen LogP contribution is 2.61. The number of carbonyl (C=O) groups is 3. The average Bonchev–Trinajstić information content (AvgIpc) is 3.32. The lowest BCUT2D eigenvalue weighted by Gasteiger charge is -2.60. The summed E-state index contributed by atoms with van der Waals surface area (Å²) in [5.74, 6) is -0.304. The van der Waals surface area contributed by atoms with Gasteiger partial charge in [0.25, 0.3) is 0 Å². The van der Waals surface area contributed by atoms with E-state index in [2.05, 4.69) is 17.6 Å². The molecule has 1 aliphatic heterocycles. The number of ether oxygens (including phenoxy) is 1. The molecule has 1 heterocycles. The normalized spacial score (nSPS) is 38.5.